The Bertz CT molecular complexity index is 699. The summed E-state index contributed by atoms with van der Waals surface area (Å²) in [6.07, 6.45) is -0.599. The van der Waals surface area contributed by atoms with E-state index in [0.717, 1.165) is 12.1 Å². The van der Waals surface area contributed by atoms with Gasteiger partial charge in [0.05, 0.1) is 16.8 Å². The fourth-order valence-corrected chi connectivity index (χ4v) is 2.00. The summed E-state index contributed by atoms with van der Waals surface area (Å²) in [5, 5.41) is 4.03. The molecule has 0 saturated heterocycles. The van der Waals surface area contributed by atoms with E-state index in [1.807, 2.05) is 0 Å². The zero-order chi connectivity index (χ0) is 15.6. The summed E-state index contributed by atoms with van der Waals surface area (Å²) >= 11 is 0. The van der Waals surface area contributed by atoms with Crippen LogP contribution in [0.25, 0.3) is 6.08 Å². The number of aryl methyl sites for hydroxylation is 2. The number of hydrogen-bond donors (Lipinski definition) is 0. The van der Waals surface area contributed by atoms with Crippen molar-refractivity contribution in [1.82, 2.24) is 9.78 Å². The van der Waals surface area contributed by atoms with Gasteiger partial charge in [-0.25, -0.2) is 0 Å². The van der Waals surface area contributed by atoms with E-state index in [9.17, 15) is 18.0 Å². The molecule has 0 unspecified atom stereocenters. The summed E-state index contributed by atoms with van der Waals surface area (Å²) in [5.74, 6) is -0.377. The monoisotopic (exact) mass is 294 g/mol. The molecule has 2 aromatic rings. The van der Waals surface area contributed by atoms with Crippen molar-refractivity contribution in [3.63, 3.8) is 0 Å². The first-order valence-corrected chi connectivity index (χ1v) is 6.18. The first kappa shape index (κ1) is 15.0. The van der Waals surface area contributed by atoms with Crippen LogP contribution in [0.1, 0.15) is 27.2 Å². The highest BCUT2D eigenvalue weighted by atomic mass is 19.4. The number of alkyl halides is 3. The lowest BCUT2D eigenvalue weighted by Gasteiger charge is -2.09. The Morgan fingerprint density at radius 2 is 1.95 bits per heavy atom. The lowest BCUT2D eigenvalue weighted by Crippen LogP contribution is -2.07. The molecule has 1 aromatic heterocycles. The number of ketones is 1. The second-order valence-electron chi connectivity index (χ2n) is 4.58. The van der Waals surface area contributed by atoms with Crippen LogP contribution in [0.4, 0.5) is 13.2 Å². The number of nitrogens with zero attached hydrogens (tertiary/aromatic N) is 2. The number of carbonyl (C=O) groups excluding carboxylic acids is 1. The third kappa shape index (κ3) is 3.39. The van der Waals surface area contributed by atoms with Crippen LogP contribution in [0.5, 0.6) is 0 Å². The summed E-state index contributed by atoms with van der Waals surface area (Å²) < 4.78 is 40.0. The smallest absolute Gasteiger partial charge is 0.289 e. The highest BCUT2D eigenvalue weighted by Crippen LogP contribution is 2.32. The van der Waals surface area contributed by atoms with Crippen LogP contribution >= 0.6 is 0 Å². The molecular formula is C15H13F3N2O. The summed E-state index contributed by atoms with van der Waals surface area (Å²) in [6, 6.07) is 5.12. The van der Waals surface area contributed by atoms with Crippen LogP contribution in [-0.2, 0) is 13.2 Å². The number of allylic oxidation sites excluding steroid dienone is 1. The van der Waals surface area contributed by atoms with Crippen molar-refractivity contribution in [2.45, 2.75) is 13.1 Å². The van der Waals surface area contributed by atoms with Gasteiger partial charge in [-0.1, -0.05) is 24.3 Å². The molecule has 0 aliphatic rings. The van der Waals surface area contributed by atoms with Gasteiger partial charge in [0.2, 0.25) is 0 Å². The van der Waals surface area contributed by atoms with Gasteiger partial charge in [-0.3, -0.25) is 9.48 Å². The van der Waals surface area contributed by atoms with E-state index in [4.69, 9.17) is 0 Å². The predicted octanol–water partition coefficient (Wildman–Crippen LogP) is 3.64. The fourth-order valence-electron chi connectivity index (χ4n) is 2.00. The summed E-state index contributed by atoms with van der Waals surface area (Å²) in [5.41, 5.74) is 0.103. The van der Waals surface area contributed by atoms with Gasteiger partial charge in [0.1, 0.15) is 0 Å². The molecule has 2 rings (SSSR count). The van der Waals surface area contributed by atoms with Crippen molar-refractivity contribution in [3.8, 4) is 0 Å². The maximum atomic E-state index is 12.8. The Hall–Kier alpha value is -2.37. The Labute approximate surface area is 119 Å². The maximum Gasteiger partial charge on any atom is 0.416 e. The quantitative estimate of drug-likeness (QED) is 0.640. The van der Waals surface area contributed by atoms with Gasteiger partial charge >= 0.3 is 6.18 Å². The van der Waals surface area contributed by atoms with Crippen LogP contribution < -0.4 is 0 Å². The molecule has 0 bridgehead atoms. The predicted molar refractivity (Wildman–Crippen MR) is 72.8 cm³/mol. The summed E-state index contributed by atoms with van der Waals surface area (Å²) in [6.45, 7) is 1.67. The minimum absolute atomic E-state index is 0.0418. The average molecular weight is 294 g/mol. The Morgan fingerprint density at radius 1 is 1.29 bits per heavy atom. The van der Waals surface area contributed by atoms with Gasteiger partial charge in [-0.05, 0) is 24.6 Å². The molecule has 0 N–H and O–H groups in total. The molecule has 6 heteroatoms. The van der Waals surface area contributed by atoms with E-state index in [1.54, 1.807) is 14.0 Å². The highest BCUT2D eigenvalue weighted by molar-refractivity contribution is 6.07. The van der Waals surface area contributed by atoms with Crippen LogP contribution in [-0.4, -0.2) is 15.6 Å². The van der Waals surface area contributed by atoms with Crippen molar-refractivity contribution in [1.29, 1.82) is 0 Å². The number of carbonyl (C=O) groups is 1. The van der Waals surface area contributed by atoms with Gasteiger partial charge in [-0.2, -0.15) is 18.3 Å². The molecule has 1 heterocycles. The van der Waals surface area contributed by atoms with E-state index in [-0.39, 0.29) is 11.3 Å². The molecule has 3 nitrogen and oxygen atoms in total. The molecule has 0 saturated carbocycles. The Balaban J connectivity index is 2.30. The van der Waals surface area contributed by atoms with Crippen molar-refractivity contribution < 1.29 is 18.0 Å². The normalized spacial score (nSPS) is 12.0. The molecule has 0 aliphatic heterocycles. The topological polar surface area (TPSA) is 34.9 Å². The van der Waals surface area contributed by atoms with Crippen molar-refractivity contribution in [2.24, 2.45) is 7.05 Å². The molecule has 0 aliphatic carbocycles. The number of benzene rings is 1. The van der Waals surface area contributed by atoms with E-state index in [2.05, 4.69) is 5.10 Å². The minimum Gasteiger partial charge on any atom is -0.289 e. The van der Waals surface area contributed by atoms with Crippen LogP contribution in [0.2, 0.25) is 0 Å². The molecule has 110 valence electrons. The van der Waals surface area contributed by atoms with Crippen LogP contribution in [0.15, 0.2) is 36.5 Å². The Kier molecular flexibility index (Phi) is 3.97. The molecule has 0 amide bonds. The molecule has 0 spiro atoms. The molecule has 21 heavy (non-hydrogen) atoms. The minimum atomic E-state index is -4.45. The number of rotatable bonds is 3. The van der Waals surface area contributed by atoms with Crippen molar-refractivity contribution >= 4 is 11.9 Å². The Morgan fingerprint density at radius 3 is 2.52 bits per heavy atom. The van der Waals surface area contributed by atoms with Crippen LogP contribution in [0, 0.1) is 6.92 Å². The number of aromatic nitrogens is 2. The second kappa shape index (κ2) is 5.55. The maximum absolute atomic E-state index is 12.8. The van der Waals surface area contributed by atoms with E-state index in [1.165, 1.54) is 35.2 Å². The highest BCUT2D eigenvalue weighted by Gasteiger charge is 2.32. The van der Waals surface area contributed by atoms with Gasteiger partial charge in [-0.15, -0.1) is 0 Å². The molecular weight excluding hydrogens is 281 g/mol. The zero-order valence-electron chi connectivity index (χ0n) is 11.5. The third-order valence-corrected chi connectivity index (χ3v) is 2.96. The lowest BCUT2D eigenvalue weighted by atomic mass is 10.1. The summed E-state index contributed by atoms with van der Waals surface area (Å²) in [7, 11) is 1.67. The molecule has 0 atom stereocenters. The number of hydrogen-bond acceptors (Lipinski definition) is 2. The van der Waals surface area contributed by atoms with Crippen LogP contribution in [0.3, 0.4) is 0 Å². The molecule has 0 fully saturated rings. The van der Waals surface area contributed by atoms with Crippen molar-refractivity contribution in [2.75, 3.05) is 0 Å². The SMILES string of the molecule is Cc1nn(C)cc1C(=O)/C=C/c1ccccc1C(F)(F)F. The fraction of sp³-hybridized carbons (Fsp3) is 0.200. The molecule has 1 aromatic carbocycles. The van der Waals surface area contributed by atoms with Crippen molar-refractivity contribution in [3.05, 3.63) is 58.9 Å². The van der Waals surface area contributed by atoms with Gasteiger partial charge in [0.25, 0.3) is 0 Å². The molecule has 0 radical (unpaired) electrons. The van der Waals surface area contributed by atoms with Gasteiger partial charge < -0.3 is 0 Å². The van der Waals surface area contributed by atoms with E-state index >= 15 is 0 Å². The summed E-state index contributed by atoms with van der Waals surface area (Å²) in [4.78, 5) is 12.0. The largest absolute Gasteiger partial charge is 0.416 e. The third-order valence-electron chi connectivity index (χ3n) is 2.96. The zero-order valence-corrected chi connectivity index (χ0v) is 11.5. The van der Waals surface area contributed by atoms with Gasteiger partial charge in [0, 0.05) is 13.2 Å². The first-order chi connectivity index (χ1) is 9.79. The first-order valence-electron chi connectivity index (χ1n) is 6.18. The van der Waals surface area contributed by atoms with Gasteiger partial charge in [0.15, 0.2) is 5.78 Å². The second-order valence-corrected chi connectivity index (χ2v) is 4.58. The average Bonchev–Trinajstić information content (AvgIpc) is 2.74. The lowest BCUT2D eigenvalue weighted by molar-refractivity contribution is -0.137. The number of halogens is 3. The van der Waals surface area contributed by atoms with E-state index in [0.29, 0.717) is 11.3 Å². The van der Waals surface area contributed by atoms with E-state index < -0.39 is 11.7 Å². The standard InChI is InChI=1S/C15H13F3N2O/c1-10-12(9-20(2)19-10)14(21)8-7-11-5-3-4-6-13(11)15(16,17)18/h3-9H,1-2H3/b8-7+.